The van der Waals surface area contributed by atoms with Crippen LogP contribution in [0.25, 0.3) is 0 Å². The van der Waals surface area contributed by atoms with Crippen LogP contribution in [-0.4, -0.2) is 48.1 Å². The van der Waals surface area contributed by atoms with Gasteiger partial charge < -0.3 is 15.3 Å². The summed E-state index contributed by atoms with van der Waals surface area (Å²) in [6.07, 6.45) is 3.88. The number of likely N-dealkylation sites (tertiary alicyclic amines) is 1. The highest BCUT2D eigenvalue weighted by atomic mass is 16.4. The Kier molecular flexibility index (Phi) is 4.91. The van der Waals surface area contributed by atoms with Crippen LogP contribution in [0.3, 0.4) is 0 Å². The van der Waals surface area contributed by atoms with Crippen LogP contribution in [0, 0.1) is 23.2 Å². The van der Waals surface area contributed by atoms with E-state index in [0.29, 0.717) is 12.5 Å². The van der Waals surface area contributed by atoms with Gasteiger partial charge >= 0.3 is 5.97 Å². The van der Waals surface area contributed by atoms with Crippen LogP contribution in [0.4, 0.5) is 0 Å². The van der Waals surface area contributed by atoms with Gasteiger partial charge in [0, 0.05) is 13.1 Å². The van der Waals surface area contributed by atoms with Crippen molar-refractivity contribution in [2.75, 3.05) is 26.2 Å². The van der Waals surface area contributed by atoms with Gasteiger partial charge in [0.05, 0.1) is 11.8 Å². The molecule has 1 amide bonds. The molecule has 120 valence electrons. The molecule has 2 aliphatic rings. The molecule has 1 heterocycles. The maximum absolute atomic E-state index is 12.1. The van der Waals surface area contributed by atoms with Crippen molar-refractivity contribution in [3.63, 3.8) is 0 Å². The number of carbonyl (C=O) groups is 2. The van der Waals surface area contributed by atoms with Crippen molar-refractivity contribution in [2.45, 2.75) is 40.0 Å². The predicted octanol–water partition coefficient (Wildman–Crippen LogP) is 1.58. The standard InChI is InChI=1S/C16H28N2O3/c1-11(10-18-7-5-4-6-8-18)9-17-14(19)12-13(15(20)21)16(12,2)3/h11-13H,4-10H2,1-3H3,(H,17,19)(H,20,21). The third-order valence-electron chi connectivity index (χ3n) is 5.02. The summed E-state index contributed by atoms with van der Waals surface area (Å²) in [7, 11) is 0. The summed E-state index contributed by atoms with van der Waals surface area (Å²) >= 11 is 0. The molecule has 0 radical (unpaired) electrons. The second-order valence-corrected chi connectivity index (χ2v) is 7.33. The molecule has 5 nitrogen and oxygen atoms in total. The minimum absolute atomic E-state index is 0.0992. The van der Waals surface area contributed by atoms with Gasteiger partial charge in [0.1, 0.15) is 0 Å². The number of hydrogen-bond donors (Lipinski definition) is 2. The summed E-state index contributed by atoms with van der Waals surface area (Å²) in [5, 5.41) is 12.1. The van der Waals surface area contributed by atoms with Crippen molar-refractivity contribution >= 4 is 11.9 Å². The average Bonchev–Trinajstić information content (AvgIpc) is 3.00. The van der Waals surface area contributed by atoms with Gasteiger partial charge in [0.2, 0.25) is 5.91 Å². The van der Waals surface area contributed by atoms with Gasteiger partial charge in [-0.2, -0.15) is 0 Å². The summed E-state index contributed by atoms with van der Waals surface area (Å²) in [6, 6.07) is 0. The monoisotopic (exact) mass is 296 g/mol. The summed E-state index contributed by atoms with van der Waals surface area (Å²) < 4.78 is 0. The lowest BCUT2D eigenvalue weighted by molar-refractivity contribution is -0.140. The molecule has 3 atom stereocenters. The van der Waals surface area contributed by atoms with E-state index in [2.05, 4.69) is 17.1 Å². The molecule has 2 rings (SSSR count). The Morgan fingerprint density at radius 1 is 1.24 bits per heavy atom. The Labute approximate surface area is 127 Å². The number of carboxylic acids is 1. The maximum Gasteiger partial charge on any atom is 0.307 e. The van der Waals surface area contributed by atoms with Crippen LogP contribution < -0.4 is 5.32 Å². The SMILES string of the molecule is CC(CNC(=O)C1C(C(=O)O)C1(C)C)CN1CCCCC1. The molecule has 0 bridgehead atoms. The molecule has 3 unspecified atom stereocenters. The van der Waals surface area contributed by atoms with E-state index in [1.807, 2.05) is 13.8 Å². The first kappa shape index (κ1) is 16.3. The van der Waals surface area contributed by atoms with E-state index < -0.39 is 17.3 Å². The smallest absolute Gasteiger partial charge is 0.307 e. The second-order valence-electron chi connectivity index (χ2n) is 7.33. The van der Waals surface area contributed by atoms with E-state index in [1.165, 1.54) is 19.3 Å². The van der Waals surface area contributed by atoms with Crippen molar-refractivity contribution in [2.24, 2.45) is 23.2 Å². The quantitative estimate of drug-likeness (QED) is 0.781. The van der Waals surface area contributed by atoms with Gasteiger partial charge in [-0.15, -0.1) is 0 Å². The maximum atomic E-state index is 12.1. The van der Waals surface area contributed by atoms with Crippen LogP contribution in [0.2, 0.25) is 0 Å². The number of piperidine rings is 1. The fourth-order valence-electron chi connectivity index (χ4n) is 3.62. The van der Waals surface area contributed by atoms with Crippen LogP contribution in [0.15, 0.2) is 0 Å². The summed E-state index contributed by atoms with van der Waals surface area (Å²) in [4.78, 5) is 25.7. The lowest BCUT2D eigenvalue weighted by Crippen LogP contribution is -2.38. The molecule has 2 fully saturated rings. The van der Waals surface area contributed by atoms with E-state index in [1.54, 1.807) is 0 Å². The number of carbonyl (C=O) groups excluding carboxylic acids is 1. The lowest BCUT2D eigenvalue weighted by atomic mass is 10.1. The Balaban J connectivity index is 1.73. The molecule has 5 heteroatoms. The van der Waals surface area contributed by atoms with E-state index in [-0.39, 0.29) is 11.8 Å². The predicted molar refractivity (Wildman–Crippen MR) is 80.9 cm³/mol. The van der Waals surface area contributed by atoms with Crippen molar-refractivity contribution in [1.82, 2.24) is 10.2 Å². The van der Waals surface area contributed by atoms with E-state index in [9.17, 15) is 9.59 Å². The van der Waals surface area contributed by atoms with E-state index in [0.717, 1.165) is 19.6 Å². The zero-order valence-corrected chi connectivity index (χ0v) is 13.4. The molecule has 2 N–H and O–H groups in total. The average molecular weight is 296 g/mol. The molecule has 21 heavy (non-hydrogen) atoms. The fraction of sp³-hybridized carbons (Fsp3) is 0.875. The van der Waals surface area contributed by atoms with Crippen molar-refractivity contribution < 1.29 is 14.7 Å². The van der Waals surface area contributed by atoms with Crippen LogP contribution >= 0.6 is 0 Å². The fourth-order valence-corrected chi connectivity index (χ4v) is 3.62. The van der Waals surface area contributed by atoms with Crippen molar-refractivity contribution in [3.8, 4) is 0 Å². The minimum atomic E-state index is -0.860. The number of rotatable bonds is 6. The molecule has 0 aromatic carbocycles. The molecular weight excluding hydrogens is 268 g/mol. The summed E-state index contributed by atoms with van der Waals surface area (Å²) in [5.41, 5.74) is -0.411. The van der Waals surface area contributed by atoms with Gasteiger partial charge in [-0.3, -0.25) is 9.59 Å². The number of hydrogen-bond acceptors (Lipinski definition) is 3. The van der Waals surface area contributed by atoms with E-state index in [4.69, 9.17) is 5.11 Å². The largest absolute Gasteiger partial charge is 0.481 e. The van der Waals surface area contributed by atoms with Crippen LogP contribution in [-0.2, 0) is 9.59 Å². The number of aliphatic carboxylic acids is 1. The number of nitrogens with one attached hydrogen (secondary N) is 1. The Bertz CT molecular complexity index is 402. The molecule has 1 aliphatic heterocycles. The molecule has 1 aliphatic carbocycles. The van der Waals surface area contributed by atoms with Gasteiger partial charge in [-0.1, -0.05) is 27.2 Å². The van der Waals surface area contributed by atoms with Crippen LogP contribution in [0.5, 0.6) is 0 Å². The minimum Gasteiger partial charge on any atom is -0.481 e. The van der Waals surface area contributed by atoms with E-state index >= 15 is 0 Å². The highest BCUT2D eigenvalue weighted by Gasteiger charge is 2.65. The normalized spacial score (nSPS) is 29.7. The Morgan fingerprint density at radius 2 is 1.86 bits per heavy atom. The molecule has 0 aromatic rings. The topological polar surface area (TPSA) is 69.6 Å². The Hall–Kier alpha value is -1.10. The first-order valence-corrected chi connectivity index (χ1v) is 8.07. The Morgan fingerprint density at radius 3 is 2.38 bits per heavy atom. The zero-order chi connectivity index (χ0) is 15.6. The number of amides is 1. The lowest BCUT2D eigenvalue weighted by Gasteiger charge is -2.29. The molecule has 1 saturated carbocycles. The van der Waals surface area contributed by atoms with Gasteiger partial charge in [0.15, 0.2) is 0 Å². The highest BCUT2D eigenvalue weighted by molar-refractivity contribution is 5.91. The first-order chi connectivity index (χ1) is 9.84. The summed E-state index contributed by atoms with van der Waals surface area (Å²) in [5.74, 6) is -1.47. The van der Waals surface area contributed by atoms with Crippen LogP contribution in [0.1, 0.15) is 40.0 Å². The molecule has 0 spiro atoms. The second kappa shape index (κ2) is 6.34. The third kappa shape index (κ3) is 3.76. The van der Waals surface area contributed by atoms with Crippen molar-refractivity contribution in [3.05, 3.63) is 0 Å². The molecule has 1 saturated heterocycles. The number of carboxylic acid groups (broad SMARTS) is 1. The molecule has 0 aromatic heterocycles. The summed E-state index contributed by atoms with van der Waals surface area (Å²) in [6.45, 7) is 9.82. The highest BCUT2D eigenvalue weighted by Crippen LogP contribution is 2.58. The van der Waals surface area contributed by atoms with Gasteiger partial charge in [-0.25, -0.2) is 0 Å². The number of nitrogens with zero attached hydrogens (tertiary/aromatic N) is 1. The zero-order valence-electron chi connectivity index (χ0n) is 13.4. The van der Waals surface area contributed by atoms with Crippen molar-refractivity contribution in [1.29, 1.82) is 0 Å². The third-order valence-corrected chi connectivity index (χ3v) is 5.02. The van der Waals surface area contributed by atoms with Gasteiger partial charge in [-0.05, 0) is 37.3 Å². The first-order valence-electron chi connectivity index (χ1n) is 8.07. The molecular formula is C16H28N2O3. The van der Waals surface area contributed by atoms with Gasteiger partial charge in [0.25, 0.3) is 0 Å².